The van der Waals surface area contributed by atoms with Crippen LogP contribution in [0.5, 0.6) is 0 Å². The number of hydrogen-bond acceptors (Lipinski definition) is 3. The van der Waals surface area contributed by atoms with Gasteiger partial charge < -0.3 is 2.85 Å². The van der Waals surface area contributed by atoms with E-state index in [1.165, 1.54) is 0 Å². The summed E-state index contributed by atoms with van der Waals surface area (Å²) in [5.74, 6) is -0.482. The molecule has 1 N–H and O–H groups in total. The maximum absolute atomic E-state index is 12.0. The van der Waals surface area contributed by atoms with Crippen molar-refractivity contribution in [2.45, 2.75) is 19.9 Å². The molecule has 1 aliphatic rings. The van der Waals surface area contributed by atoms with Crippen molar-refractivity contribution in [3.05, 3.63) is 29.8 Å². The molecule has 0 aliphatic carbocycles. The predicted molar refractivity (Wildman–Crippen MR) is 68.3 cm³/mol. The van der Waals surface area contributed by atoms with E-state index in [0.717, 1.165) is 4.31 Å². The van der Waals surface area contributed by atoms with Crippen molar-refractivity contribution in [1.82, 2.24) is 4.31 Å². The van der Waals surface area contributed by atoms with E-state index >= 15 is 0 Å². The molecule has 0 bridgehead atoms. The Morgan fingerprint density at radius 1 is 1.29 bits per heavy atom. The summed E-state index contributed by atoms with van der Waals surface area (Å²) in [5.41, 5.74) is 0.718. The summed E-state index contributed by atoms with van der Waals surface area (Å²) in [5, 5.41) is 0. The largest absolute Gasteiger partial charge is 2.00 e. The molecule has 1 aliphatic heterocycles. The van der Waals surface area contributed by atoms with Crippen LogP contribution in [0, 0.1) is 0 Å². The van der Waals surface area contributed by atoms with Crippen LogP contribution in [-0.2, 0) is 10.2 Å². The Hall–Kier alpha value is -0.300. The van der Waals surface area contributed by atoms with Crippen LogP contribution in [0.15, 0.2) is 24.3 Å². The molecule has 1 aromatic rings. The SMILES string of the molecule is CC(C)N1C(=O)c2ccccc2NS1(=O)=O.[Ca+2].[H-].[H-]. The predicted octanol–water partition coefficient (Wildman–Crippen LogP) is 1.05. The van der Waals surface area contributed by atoms with Crippen LogP contribution in [0.25, 0.3) is 0 Å². The fourth-order valence-electron chi connectivity index (χ4n) is 1.69. The number of nitrogens with zero attached hydrogens (tertiary/aromatic N) is 1. The molecule has 0 spiro atoms. The first-order valence-electron chi connectivity index (χ1n) is 4.89. The molecule has 0 unspecified atom stereocenters. The van der Waals surface area contributed by atoms with Gasteiger partial charge in [0, 0.05) is 6.04 Å². The molecule has 90 valence electrons. The van der Waals surface area contributed by atoms with E-state index in [-0.39, 0.29) is 40.6 Å². The smallest absolute Gasteiger partial charge is 1.00 e. The second-order valence-corrected chi connectivity index (χ2v) is 5.40. The van der Waals surface area contributed by atoms with E-state index in [9.17, 15) is 13.2 Å². The molecular formula is C10H14CaN2O3S. The van der Waals surface area contributed by atoms with Crippen LogP contribution in [0.3, 0.4) is 0 Å². The fraction of sp³-hybridized carbons (Fsp3) is 0.300. The molecule has 0 saturated carbocycles. The number of nitrogens with one attached hydrogen (secondary N) is 1. The first-order valence-corrected chi connectivity index (χ1v) is 6.33. The van der Waals surface area contributed by atoms with Gasteiger partial charge in [0.05, 0.1) is 11.3 Å². The van der Waals surface area contributed by atoms with Gasteiger partial charge in [0.1, 0.15) is 0 Å². The summed E-state index contributed by atoms with van der Waals surface area (Å²) in [4.78, 5) is 12.0. The zero-order valence-electron chi connectivity index (χ0n) is 11.7. The zero-order chi connectivity index (χ0) is 11.9. The Kier molecular flexibility index (Phi) is 4.46. The van der Waals surface area contributed by atoms with E-state index in [2.05, 4.69) is 4.72 Å². The molecule has 1 aromatic carbocycles. The number of amides is 1. The topological polar surface area (TPSA) is 66.5 Å². The number of benzene rings is 1. The van der Waals surface area contributed by atoms with Crippen molar-refractivity contribution >= 4 is 59.5 Å². The summed E-state index contributed by atoms with van der Waals surface area (Å²) in [6.45, 7) is 3.32. The van der Waals surface area contributed by atoms with E-state index in [1.54, 1.807) is 38.1 Å². The van der Waals surface area contributed by atoms with Gasteiger partial charge in [-0.2, -0.15) is 8.42 Å². The number of anilines is 1. The van der Waals surface area contributed by atoms with Gasteiger partial charge in [0.15, 0.2) is 0 Å². The van der Waals surface area contributed by atoms with Gasteiger partial charge in [-0.1, -0.05) is 12.1 Å². The number of carbonyl (C=O) groups is 1. The Bertz CT molecular complexity index is 551. The molecule has 2 rings (SSSR count). The molecule has 0 aromatic heterocycles. The molecule has 0 atom stereocenters. The standard InChI is InChI=1S/C10H12N2O3S.Ca.2H/c1-7(2)12-10(13)8-5-3-4-6-9(8)11-16(12,14)15;;;/h3-7,11H,1-2H3;;;/q;+2;2*-1. The van der Waals surface area contributed by atoms with Crippen molar-refractivity contribution < 1.29 is 16.1 Å². The van der Waals surface area contributed by atoms with Gasteiger partial charge in [-0.25, -0.2) is 4.31 Å². The number of para-hydroxylation sites is 1. The van der Waals surface area contributed by atoms with Crippen molar-refractivity contribution in [2.75, 3.05) is 4.72 Å². The minimum atomic E-state index is -3.75. The van der Waals surface area contributed by atoms with Crippen molar-refractivity contribution in [3.63, 3.8) is 0 Å². The maximum Gasteiger partial charge on any atom is 2.00 e. The fourth-order valence-corrected chi connectivity index (χ4v) is 3.11. The van der Waals surface area contributed by atoms with Crippen LogP contribution in [0.2, 0.25) is 0 Å². The van der Waals surface area contributed by atoms with Crippen LogP contribution in [-0.4, -0.2) is 62.4 Å². The summed E-state index contributed by atoms with van der Waals surface area (Å²) in [6, 6.07) is 6.16. The van der Waals surface area contributed by atoms with Crippen LogP contribution >= 0.6 is 0 Å². The van der Waals surface area contributed by atoms with Crippen molar-refractivity contribution in [1.29, 1.82) is 0 Å². The van der Waals surface area contributed by atoms with E-state index < -0.39 is 22.2 Å². The third-order valence-electron chi connectivity index (χ3n) is 2.32. The second-order valence-electron chi connectivity index (χ2n) is 3.85. The average Bonchev–Trinajstić information content (AvgIpc) is 2.15. The van der Waals surface area contributed by atoms with Gasteiger partial charge >= 0.3 is 47.9 Å². The molecule has 0 saturated heterocycles. The number of hydrogen-bond donors (Lipinski definition) is 1. The van der Waals surface area contributed by atoms with Gasteiger partial charge in [-0.05, 0) is 26.0 Å². The molecule has 1 amide bonds. The summed E-state index contributed by atoms with van der Waals surface area (Å²) in [7, 11) is -3.75. The van der Waals surface area contributed by atoms with E-state index in [4.69, 9.17) is 0 Å². The summed E-state index contributed by atoms with van der Waals surface area (Å²) < 4.78 is 26.8. The molecular weight excluding hydrogens is 268 g/mol. The Morgan fingerprint density at radius 2 is 1.88 bits per heavy atom. The summed E-state index contributed by atoms with van der Waals surface area (Å²) >= 11 is 0. The van der Waals surface area contributed by atoms with Crippen molar-refractivity contribution in [3.8, 4) is 0 Å². The average molecular weight is 282 g/mol. The quantitative estimate of drug-likeness (QED) is 0.783. The number of rotatable bonds is 1. The van der Waals surface area contributed by atoms with Crippen molar-refractivity contribution in [2.24, 2.45) is 0 Å². The third kappa shape index (κ3) is 2.59. The second kappa shape index (κ2) is 5.14. The van der Waals surface area contributed by atoms with Gasteiger partial charge in [-0.3, -0.25) is 9.52 Å². The molecule has 1 heterocycles. The van der Waals surface area contributed by atoms with Gasteiger partial charge in [0.2, 0.25) is 0 Å². The van der Waals surface area contributed by atoms with E-state index in [1.807, 2.05) is 0 Å². The molecule has 5 nitrogen and oxygen atoms in total. The first kappa shape index (κ1) is 14.8. The van der Waals surface area contributed by atoms with Crippen LogP contribution in [0.1, 0.15) is 27.1 Å². The minimum Gasteiger partial charge on any atom is -1.00 e. The number of carbonyl (C=O) groups excluding carboxylic acids is 1. The Labute approximate surface area is 133 Å². The molecule has 7 heteroatoms. The zero-order valence-corrected chi connectivity index (χ0v) is 12.7. The van der Waals surface area contributed by atoms with Gasteiger partial charge in [-0.15, -0.1) is 0 Å². The Morgan fingerprint density at radius 3 is 2.47 bits per heavy atom. The molecule has 0 radical (unpaired) electrons. The van der Waals surface area contributed by atoms with Crippen LogP contribution < -0.4 is 4.72 Å². The normalized spacial score (nSPS) is 17.1. The van der Waals surface area contributed by atoms with Gasteiger partial charge in [0.25, 0.3) is 5.91 Å². The monoisotopic (exact) mass is 282 g/mol. The van der Waals surface area contributed by atoms with E-state index in [0.29, 0.717) is 11.3 Å². The molecule has 17 heavy (non-hydrogen) atoms. The summed E-state index contributed by atoms with van der Waals surface area (Å²) in [6.07, 6.45) is 0. The first-order chi connectivity index (χ1) is 7.43. The Balaban J connectivity index is 0. The van der Waals surface area contributed by atoms with Crippen LogP contribution in [0.4, 0.5) is 5.69 Å². The third-order valence-corrected chi connectivity index (χ3v) is 3.91. The maximum atomic E-state index is 12.0. The molecule has 0 fully saturated rings. The number of fused-ring (bicyclic) bond motifs is 1. The minimum absolute atomic E-state index is 0.